The lowest BCUT2D eigenvalue weighted by Crippen LogP contribution is -2.30. The second-order valence-electron chi connectivity index (χ2n) is 3.06. The van der Waals surface area contributed by atoms with E-state index >= 15 is 0 Å². The van der Waals surface area contributed by atoms with Crippen molar-refractivity contribution in [2.75, 3.05) is 0 Å². The molecule has 0 spiro atoms. The van der Waals surface area contributed by atoms with Crippen LogP contribution >= 0.6 is 7.60 Å². The quantitative estimate of drug-likeness (QED) is 0.566. The van der Waals surface area contributed by atoms with Crippen LogP contribution in [0.5, 0.6) is 0 Å². The Morgan fingerprint density at radius 2 is 2.33 bits per heavy atom. The van der Waals surface area contributed by atoms with E-state index in [0.717, 1.165) is 6.20 Å². The molecule has 84 valence electrons. The largest absolute Gasteiger partial charge is 0.433 e. The number of rotatable bonds is 4. The number of ketones is 1. The van der Waals surface area contributed by atoms with Crippen molar-refractivity contribution >= 4 is 18.9 Å². The first-order chi connectivity index (χ1) is 6.80. The third-order valence-corrected chi connectivity index (χ3v) is 2.53. The summed E-state index contributed by atoms with van der Waals surface area (Å²) >= 11 is 0. The molecule has 0 saturated heterocycles. The fourth-order valence-electron chi connectivity index (χ4n) is 0.862. The first-order valence-corrected chi connectivity index (χ1v) is 5.69. The van der Waals surface area contributed by atoms with Crippen LogP contribution in [-0.2, 0) is 15.8 Å². The van der Waals surface area contributed by atoms with Crippen molar-refractivity contribution in [2.24, 2.45) is 5.73 Å². The third kappa shape index (κ3) is 3.24. The molecule has 1 rings (SSSR count). The summed E-state index contributed by atoms with van der Waals surface area (Å²) in [6.45, 7) is 1.32. The number of nitrogens with zero attached hydrogens (tertiary/aromatic N) is 1. The summed E-state index contributed by atoms with van der Waals surface area (Å²) in [5, 5.41) is 0. The fourth-order valence-corrected chi connectivity index (χ4v) is 1.29. The molecule has 0 aliphatic heterocycles. The van der Waals surface area contributed by atoms with Gasteiger partial charge in [-0.1, -0.05) is 0 Å². The smallest absolute Gasteiger partial charge is 0.392 e. The maximum Gasteiger partial charge on any atom is 0.392 e. The standard InChI is InChI=1S/C7H11N2O5P/c1-4(10)5(8)2-6-9-3-7(14-6)15(11,12)13/h3,5H,2,8H2,1H3,(H2,11,12,13)/t5-/m0/s1. The van der Waals surface area contributed by atoms with Crippen LogP contribution in [0.15, 0.2) is 10.6 Å². The zero-order valence-electron chi connectivity index (χ0n) is 7.95. The van der Waals surface area contributed by atoms with Crippen molar-refractivity contribution in [1.29, 1.82) is 0 Å². The highest BCUT2D eigenvalue weighted by Gasteiger charge is 2.23. The number of hydrogen-bond acceptors (Lipinski definition) is 5. The minimum absolute atomic E-state index is 0.0231. The van der Waals surface area contributed by atoms with Gasteiger partial charge in [-0.05, 0) is 6.92 Å². The maximum atomic E-state index is 10.8. The van der Waals surface area contributed by atoms with Crippen molar-refractivity contribution in [2.45, 2.75) is 19.4 Å². The number of nitrogens with two attached hydrogens (primary N) is 1. The second-order valence-corrected chi connectivity index (χ2v) is 4.59. The lowest BCUT2D eigenvalue weighted by atomic mass is 10.1. The van der Waals surface area contributed by atoms with E-state index in [1.165, 1.54) is 6.92 Å². The van der Waals surface area contributed by atoms with E-state index in [4.69, 9.17) is 19.9 Å². The van der Waals surface area contributed by atoms with Crippen LogP contribution in [0.4, 0.5) is 0 Å². The molecular formula is C7H11N2O5P. The fraction of sp³-hybridized carbons (Fsp3) is 0.429. The van der Waals surface area contributed by atoms with Crippen LogP contribution in [0.2, 0.25) is 0 Å². The van der Waals surface area contributed by atoms with Gasteiger partial charge in [-0.2, -0.15) is 0 Å². The van der Waals surface area contributed by atoms with Crippen LogP contribution in [0.3, 0.4) is 0 Å². The van der Waals surface area contributed by atoms with Crippen molar-refractivity contribution in [3.63, 3.8) is 0 Å². The summed E-state index contributed by atoms with van der Waals surface area (Å²) in [6, 6.07) is -0.770. The Labute approximate surface area is 85.5 Å². The average molecular weight is 234 g/mol. The van der Waals surface area contributed by atoms with Gasteiger partial charge in [0.2, 0.25) is 5.50 Å². The maximum absolute atomic E-state index is 10.8. The zero-order valence-corrected chi connectivity index (χ0v) is 8.85. The van der Waals surface area contributed by atoms with Gasteiger partial charge in [-0.3, -0.25) is 9.36 Å². The summed E-state index contributed by atoms with van der Waals surface area (Å²) in [7, 11) is -4.42. The normalized spacial score (nSPS) is 13.9. The van der Waals surface area contributed by atoms with Gasteiger partial charge in [0.25, 0.3) is 0 Å². The number of oxazole rings is 1. The van der Waals surface area contributed by atoms with Crippen LogP contribution in [-0.4, -0.2) is 26.6 Å². The Balaban J connectivity index is 2.78. The molecule has 0 amide bonds. The van der Waals surface area contributed by atoms with Crippen molar-refractivity contribution in [3.05, 3.63) is 12.1 Å². The van der Waals surface area contributed by atoms with Crippen LogP contribution in [0.25, 0.3) is 0 Å². The molecule has 8 heteroatoms. The summed E-state index contributed by atoms with van der Waals surface area (Å²) < 4.78 is 15.5. The van der Waals surface area contributed by atoms with E-state index < -0.39 is 19.1 Å². The molecule has 0 radical (unpaired) electrons. The molecule has 15 heavy (non-hydrogen) atoms. The highest BCUT2D eigenvalue weighted by molar-refractivity contribution is 7.59. The van der Waals surface area contributed by atoms with Crippen molar-refractivity contribution < 1.29 is 23.6 Å². The van der Waals surface area contributed by atoms with Gasteiger partial charge in [-0.25, -0.2) is 4.98 Å². The Bertz CT molecular complexity index is 409. The van der Waals surface area contributed by atoms with E-state index in [2.05, 4.69) is 4.98 Å². The Morgan fingerprint density at radius 1 is 1.73 bits per heavy atom. The van der Waals surface area contributed by atoms with E-state index in [1.807, 2.05) is 0 Å². The Kier molecular flexibility index (Phi) is 3.41. The number of hydrogen-bond donors (Lipinski definition) is 3. The van der Waals surface area contributed by atoms with Crippen LogP contribution in [0.1, 0.15) is 12.8 Å². The summed E-state index contributed by atoms with van der Waals surface area (Å²) in [5.41, 5.74) is 4.90. The first-order valence-electron chi connectivity index (χ1n) is 4.07. The molecule has 7 nitrogen and oxygen atoms in total. The second kappa shape index (κ2) is 4.24. The van der Waals surface area contributed by atoms with E-state index in [9.17, 15) is 9.36 Å². The molecule has 0 aliphatic carbocycles. The minimum atomic E-state index is -4.42. The van der Waals surface area contributed by atoms with E-state index in [-0.39, 0.29) is 18.1 Å². The average Bonchev–Trinajstić information content (AvgIpc) is 2.51. The molecule has 1 heterocycles. The zero-order chi connectivity index (χ0) is 11.6. The molecule has 1 aromatic heterocycles. The highest BCUT2D eigenvalue weighted by atomic mass is 31.2. The van der Waals surface area contributed by atoms with Gasteiger partial charge < -0.3 is 19.9 Å². The van der Waals surface area contributed by atoms with Gasteiger partial charge in [-0.15, -0.1) is 0 Å². The van der Waals surface area contributed by atoms with Gasteiger partial charge in [0, 0.05) is 6.42 Å². The molecule has 0 saturated carbocycles. The van der Waals surface area contributed by atoms with Gasteiger partial charge in [0.05, 0.1) is 12.2 Å². The molecule has 0 aromatic carbocycles. The highest BCUT2D eigenvalue weighted by Crippen LogP contribution is 2.33. The van der Waals surface area contributed by atoms with Crippen molar-refractivity contribution in [3.8, 4) is 0 Å². The van der Waals surface area contributed by atoms with Crippen LogP contribution in [0, 0.1) is 0 Å². The number of carbonyl (C=O) groups excluding carboxylic acids is 1. The van der Waals surface area contributed by atoms with Gasteiger partial charge in [0.15, 0.2) is 5.89 Å². The Morgan fingerprint density at radius 3 is 2.73 bits per heavy atom. The summed E-state index contributed by atoms with van der Waals surface area (Å²) in [6.07, 6.45) is 0.957. The monoisotopic (exact) mass is 234 g/mol. The SMILES string of the molecule is CC(=O)[C@@H](N)Cc1ncc(P(=O)(O)O)o1. The molecule has 1 aromatic rings. The number of Topliss-reactive ketones (excluding diaryl/α,β-unsaturated/α-hetero) is 1. The lowest BCUT2D eigenvalue weighted by Gasteiger charge is -2.03. The van der Waals surface area contributed by atoms with Gasteiger partial charge in [0.1, 0.15) is 5.78 Å². The van der Waals surface area contributed by atoms with Gasteiger partial charge >= 0.3 is 7.60 Å². The number of carbonyl (C=O) groups is 1. The molecule has 0 aliphatic rings. The minimum Gasteiger partial charge on any atom is -0.433 e. The molecular weight excluding hydrogens is 223 g/mol. The van der Waals surface area contributed by atoms with E-state index in [0.29, 0.717) is 0 Å². The summed E-state index contributed by atoms with van der Waals surface area (Å²) in [5.74, 6) is -0.207. The predicted octanol–water partition coefficient (Wildman–Crippen LogP) is -1.06. The molecule has 1 atom stereocenters. The number of aromatic nitrogens is 1. The lowest BCUT2D eigenvalue weighted by molar-refractivity contribution is -0.118. The molecule has 4 N–H and O–H groups in total. The topological polar surface area (TPSA) is 127 Å². The summed E-state index contributed by atoms with van der Waals surface area (Å²) in [4.78, 5) is 31.9. The Hall–Kier alpha value is -1.01. The predicted molar refractivity (Wildman–Crippen MR) is 50.5 cm³/mol. The van der Waals surface area contributed by atoms with E-state index in [1.54, 1.807) is 0 Å². The third-order valence-electron chi connectivity index (χ3n) is 1.75. The van der Waals surface area contributed by atoms with Crippen LogP contribution < -0.4 is 11.2 Å². The molecule has 0 unspecified atom stereocenters. The van der Waals surface area contributed by atoms with Crippen molar-refractivity contribution in [1.82, 2.24) is 4.98 Å². The molecule has 0 bridgehead atoms. The first kappa shape index (κ1) is 12.1. The molecule has 0 fully saturated rings.